The van der Waals surface area contributed by atoms with Crippen molar-refractivity contribution < 1.29 is 4.79 Å². The molecule has 5 heteroatoms. The van der Waals surface area contributed by atoms with Gasteiger partial charge in [0.05, 0.1) is 0 Å². The number of benzene rings is 2. The molecule has 4 rings (SSSR count). The number of fused-ring (bicyclic) bond motifs is 1. The number of carbonyl (C=O) groups excluding carboxylic acids is 1. The first kappa shape index (κ1) is 15.9. The molecule has 1 aliphatic heterocycles. The minimum absolute atomic E-state index is 0.0137. The summed E-state index contributed by atoms with van der Waals surface area (Å²) in [6.45, 7) is 3.06. The van der Waals surface area contributed by atoms with Crippen LogP contribution in [0.2, 0.25) is 0 Å². The van der Waals surface area contributed by atoms with Gasteiger partial charge < -0.3 is 9.88 Å². The number of nitrogens with zero attached hydrogens (tertiary/aromatic N) is 1. The van der Waals surface area contributed by atoms with Crippen LogP contribution in [-0.4, -0.2) is 16.5 Å². The van der Waals surface area contributed by atoms with E-state index < -0.39 is 0 Å². The van der Waals surface area contributed by atoms with E-state index in [0.717, 1.165) is 24.0 Å². The number of hydrogen-bond acceptors (Lipinski definition) is 3. The van der Waals surface area contributed by atoms with Gasteiger partial charge in [-0.15, -0.1) is 0 Å². The molecular formula is C20H22N4O. The Hall–Kier alpha value is -2.63. The van der Waals surface area contributed by atoms with E-state index >= 15 is 0 Å². The first-order chi connectivity index (χ1) is 12.2. The van der Waals surface area contributed by atoms with Crippen molar-refractivity contribution in [3.05, 3.63) is 66.4 Å². The fourth-order valence-electron chi connectivity index (χ4n) is 3.42. The fraction of sp³-hybridized carbons (Fsp3) is 0.250. The van der Waals surface area contributed by atoms with Gasteiger partial charge in [0.25, 0.3) is 0 Å². The van der Waals surface area contributed by atoms with Gasteiger partial charge in [0.1, 0.15) is 6.04 Å². The SMILES string of the molecule is CCn1ccc2cc(NC(=O)C3CC(c4ccccc4)NN3)ccc21. The number of aryl methyl sites for hydroxylation is 1. The summed E-state index contributed by atoms with van der Waals surface area (Å²) in [6.07, 6.45) is 2.80. The van der Waals surface area contributed by atoms with Crippen LogP contribution in [-0.2, 0) is 11.3 Å². The molecule has 128 valence electrons. The summed E-state index contributed by atoms with van der Waals surface area (Å²) in [4.78, 5) is 12.6. The molecule has 0 bridgehead atoms. The van der Waals surface area contributed by atoms with Crippen LogP contribution < -0.4 is 16.2 Å². The van der Waals surface area contributed by atoms with Crippen LogP contribution in [0.15, 0.2) is 60.8 Å². The second-order valence-corrected chi connectivity index (χ2v) is 6.40. The zero-order valence-corrected chi connectivity index (χ0v) is 14.2. The summed E-state index contributed by atoms with van der Waals surface area (Å²) in [5, 5.41) is 4.16. The van der Waals surface area contributed by atoms with Crippen molar-refractivity contribution in [3.8, 4) is 0 Å². The number of anilines is 1. The summed E-state index contributed by atoms with van der Waals surface area (Å²) in [6, 6.07) is 18.2. The van der Waals surface area contributed by atoms with E-state index in [1.807, 2.05) is 30.3 Å². The van der Waals surface area contributed by atoms with Gasteiger partial charge in [0, 0.05) is 35.4 Å². The van der Waals surface area contributed by atoms with E-state index in [2.05, 4.69) is 58.1 Å². The molecule has 1 fully saturated rings. The molecule has 2 aromatic carbocycles. The average Bonchev–Trinajstić information content (AvgIpc) is 3.29. The lowest BCUT2D eigenvalue weighted by Crippen LogP contribution is -2.39. The fourth-order valence-corrected chi connectivity index (χ4v) is 3.42. The largest absolute Gasteiger partial charge is 0.348 e. The van der Waals surface area contributed by atoms with E-state index in [-0.39, 0.29) is 18.0 Å². The molecule has 0 saturated carbocycles. The van der Waals surface area contributed by atoms with E-state index in [0.29, 0.717) is 0 Å². The molecule has 0 spiro atoms. The maximum Gasteiger partial charge on any atom is 0.242 e. The predicted octanol–water partition coefficient (Wildman–Crippen LogP) is 3.21. The normalized spacial score (nSPS) is 20.0. The van der Waals surface area contributed by atoms with Gasteiger partial charge in [-0.2, -0.15) is 0 Å². The predicted molar refractivity (Wildman–Crippen MR) is 100 cm³/mol. The van der Waals surface area contributed by atoms with Crippen molar-refractivity contribution in [2.24, 2.45) is 0 Å². The van der Waals surface area contributed by atoms with Gasteiger partial charge >= 0.3 is 0 Å². The smallest absolute Gasteiger partial charge is 0.242 e. The molecule has 2 atom stereocenters. The Morgan fingerprint density at radius 3 is 2.80 bits per heavy atom. The van der Waals surface area contributed by atoms with Crippen LogP contribution in [0.25, 0.3) is 10.9 Å². The minimum atomic E-state index is -0.249. The van der Waals surface area contributed by atoms with Crippen LogP contribution in [0, 0.1) is 0 Å². The van der Waals surface area contributed by atoms with Crippen LogP contribution >= 0.6 is 0 Å². The molecule has 0 aliphatic carbocycles. The summed E-state index contributed by atoms with van der Waals surface area (Å²) in [7, 11) is 0. The second kappa shape index (κ2) is 6.70. The Labute approximate surface area is 147 Å². The molecule has 0 radical (unpaired) electrons. The average molecular weight is 334 g/mol. The first-order valence-corrected chi connectivity index (χ1v) is 8.70. The van der Waals surface area contributed by atoms with E-state index in [1.54, 1.807) is 0 Å². The van der Waals surface area contributed by atoms with Crippen LogP contribution in [0.3, 0.4) is 0 Å². The topological polar surface area (TPSA) is 58.1 Å². The van der Waals surface area contributed by atoms with Crippen molar-refractivity contribution >= 4 is 22.5 Å². The molecule has 5 nitrogen and oxygen atoms in total. The number of carbonyl (C=O) groups is 1. The minimum Gasteiger partial charge on any atom is -0.348 e. The number of rotatable bonds is 4. The molecule has 3 aromatic rings. The van der Waals surface area contributed by atoms with Crippen molar-refractivity contribution in [1.82, 2.24) is 15.4 Å². The molecule has 1 saturated heterocycles. The zero-order valence-electron chi connectivity index (χ0n) is 14.2. The third kappa shape index (κ3) is 3.16. The highest BCUT2D eigenvalue weighted by molar-refractivity contribution is 5.97. The molecule has 25 heavy (non-hydrogen) atoms. The molecule has 2 heterocycles. The van der Waals surface area contributed by atoms with Crippen molar-refractivity contribution in [2.45, 2.75) is 32.0 Å². The zero-order chi connectivity index (χ0) is 17.2. The van der Waals surface area contributed by atoms with Gasteiger partial charge in [-0.25, -0.2) is 10.9 Å². The van der Waals surface area contributed by atoms with E-state index in [9.17, 15) is 4.79 Å². The number of hydrazine groups is 1. The Balaban J connectivity index is 1.44. The van der Waals surface area contributed by atoms with Crippen LogP contribution in [0.5, 0.6) is 0 Å². The number of hydrogen-bond donors (Lipinski definition) is 3. The van der Waals surface area contributed by atoms with Crippen molar-refractivity contribution in [1.29, 1.82) is 0 Å². The third-order valence-electron chi connectivity index (χ3n) is 4.80. The number of amides is 1. The summed E-state index contributed by atoms with van der Waals surface area (Å²) in [5.74, 6) is -0.0137. The van der Waals surface area contributed by atoms with E-state index in [4.69, 9.17) is 0 Å². The Bertz CT molecular complexity index is 887. The maximum absolute atomic E-state index is 12.6. The van der Waals surface area contributed by atoms with Gasteiger partial charge in [0.2, 0.25) is 5.91 Å². The monoisotopic (exact) mass is 334 g/mol. The molecule has 1 aromatic heterocycles. The molecular weight excluding hydrogens is 312 g/mol. The standard InChI is InChI=1S/C20H22N4O/c1-2-24-11-10-15-12-16(8-9-19(15)24)21-20(25)18-13-17(22-23-18)14-6-4-3-5-7-14/h3-12,17-18,22-23H,2,13H2,1H3,(H,21,25). The van der Waals surface area contributed by atoms with Gasteiger partial charge in [0.15, 0.2) is 0 Å². The third-order valence-corrected chi connectivity index (χ3v) is 4.80. The lowest BCUT2D eigenvalue weighted by Gasteiger charge is -2.11. The summed E-state index contributed by atoms with van der Waals surface area (Å²) >= 11 is 0. The molecule has 3 N–H and O–H groups in total. The highest BCUT2D eigenvalue weighted by atomic mass is 16.2. The van der Waals surface area contributed by atoms with Crippen molar-refractivity contribution in [2.75, 3.05) is 5.32 Å². The summed E-state index contributed by atoms with van der Waals surface area (Å²) < 4.78 is 2.19. The van der Waals surface area contributed by atoms with Crippen molar-refractivity contribution in [3.63, 3.8) is 0 Å². The quantitative estimate of drug-likeness (QED) is 0.687. The van der Waals surface area contributed by atoms with Gasteiger partial charge in [-0.1, -0.05) is 30.3 Å². The van der Waals surface area contributed by atoms with Gasteiger partial charge in [-0.05, 0) is 43.2 Å². The summed E-state index contributed by atoms with van der Waals surface area (Å²) in [5.41, 5.74) is 9.53. The highest BCUT2D eigenvalue weighted by Crippen LogP contribution is 2.24. The van der Waals surface area contributed by atoms with Crippen LogP contribution in [0.4, 0.5) is 5.69 Å². The second-order valence-electron chi connectivity index (χ2n) is 6.40. The van der Waals surface area contributed by atoms with E-state index in [1.165, 1.54) is 11.1 Å². The highest BCUT2D eigenvalue weighted by Gasteiger charge is 2.30. The Morgan fingerprint density at radius 1 is 1.16 bits per heavy atom. The number of nitrogens with one attached hydrogen (secondary N) is 3. The lowest BCUT2D eigenvalue weighted by molar-refractivity contribution is -0.117. The Morgan fingerprint density at radius 2 is 2.00 bits per heavy atom. The molecule has 1 amide bonds. The molecule has 1 aliphatic rings. The Kier molecular flexibility index (Phi) is 4.26. The van der Waals surface area contributed by atoms with Gasteiger partial charge in [-0.3, -0.25) is 4.79 Å². The lowest BCUT2D eigenvalue weighted by atomic mass is 10.0. The first-order valence-electron chi connectivity index (χ1n) is 8.70. The maximum atomic E-state index is 12.6. The molecule has 2 unspecified atom stereocenters. The number of aromatic nitrogens is 1. The van der Waals surface area contributed by atoms with Crippen LogP contribution in [0.1, 0.15) is 24.9 Å².